The molecule has 1 atom stereocenters. The lowest BCUT2D eigenvalue weighted by atomic mass is 10.1. The predicted octanol–water partition coefficient (Wildman–Crippen LogP) is 3.27. The predicted molar refractivity (Wildman–Crippen MR) is 93.8 cm³/mol. The molecule has 1 aromatic carbocycles. The molecule has 0 amide bonds. The van der Waals surface area contributed by atoms with Crippen LogP contribution in [0, 0.1) is 6.92 Å². The third kappa shape index (κ3) is 3.97. The minimum Gasteiger partial charge on any atom is -0.396 e. The van der Waals surface area contributed by atoms with Crippen molar-refractivity contribution in [3.8, 4) is 5.69 Å². The van der Waals surface area contributed by atoms with Crippen LogP contribution in [-0.2, 0) is 17.6 Å². The van der Waals surface area contributed by atoms with Gasteiger partial charge in [-0.25, -0.2) is 9.67 Å². The van der Waals surface area contributed by atoms with Crippen LogP contribution in [0.5, 0.6) is 0 Å². The number of hydrogen-bond donors (Lipinski definition) is 1. The van der Waals surface area contributed by atoms with Gasteiger partial charge in [-0.3, -0.25) is 0 Å². The molecule has 1 aliphatic rings. The zero-order valence-electron chi connectivity index (χ0n) is 14.0. The van der Waals surface area contributed by atoms with E-state index in [0.717, 1.165) is 60.2 Å². The fourth-order valence-corrected chi connectivity index (χ4v) is 3.25. The van der Waals surface area contributed by atoms with Gasteiger partial charge in [0.25, 0.3) is 0 Å². The van der Waals surface area contributed by atoms with Crippen LogP contribution in [0.2, 0.25) is 5.02 Å². The van der Waals surface area contributed by atoms with Crippen molar-refractivity contribution in [3.63, 3.8) is 0 Å². The van der Waals surface area contributed by atoms with E-state index in [1.54, 1.807) is 0 Å². The minimum atomic E-state index is 0.149. The van der Waals surface area contributed by atoms with Gasteiger partial charge in [0.15, 0.2) is 5.82 Å². The summed E-state index contributed by atoms with van der Waals surface area (Å²) in [7, 11) is 0. The Labute approximate surface area is 147 Å². The van der Waals surface area contributed by atoms with Gasteiger partial charge >= 0.3 is 0 Å². The number of nitrogens with zero attached hydrogens (tertiary/aromatic N) is 3. The molecule has 1 aromatic heterocycles. The number of ether oxygens (including phenoxy) is 1. The number of aromatic nitrogens is 3. The zero-order chi connectivity index (χ0) is 16.9. The smallest absolute Gasteiger partial charge is 0.151 e. The number of rotatable bonds is 7. The van der Waals surface area contributed by atoms with Gasteiger partial charge in [-0.15, -0.1) is 0 Å². The Morgan fingerprint density at radius 2 is 2.25 bits per heavy atom. The standard InChI is InChI=1S/C18H24ClN3O2/c1-13-15(19)6-2-7-16(13)22-18(10-9-14-5-4-12-24-14)20-17(21-22)8-3-11-23/h2,6-7,14,23H,3-5,8-12H2,1H3/t14-/m1/s1. The summed E-state index contributed by atoms with van der Waals surface area (Å²) in [5.41, 5.74) is 1.96. The first-order chi connectivity index (χ1) is 11.7. The Morgan fingerprint density at radius 1 is 1.38 bits per heavy atom. The highest BCUT2D eigenvalue weighted by molar-refractivity contribution is 6.31. The molecule has 130 valence electrons. The maximum Gasteiger partial charge on any atom is 0.151 e. The van der Waals surface area contributed by atoms with E-state index in [1.165, 1.54) is 0 Å². The van der Waals surface area contributed by atoms with Gasteiger partial charge in [0.2, 0.25) is 0 Å². The topological polar surface area (TPSA) is 60.2 Å². The lowest BCUT2D eigenvalue weighted by molar-refractivity contribution is 0.104. The fraction of sp³-hybridized carbons (Fsp3) is 0.556. The zero-order valence-corrected chi connectivity index (χ0v) is 14.8. The van der Waals surface area contributed by atoms with E-state index in [2.05, 4.69) is 5.10 Å². The normalized spacial score (nSPS) is 17.5. The summed E-state index contributed by atoms with van der Waals surface area (Å²) in [5.74, 6) is 1.70. The van der Waals surface area contributed by atoms with E-state index < -0.39 is 0 Å². The van der Waals surface area contributed by atoms with Crippen molar-refractivity contribution in [3.05, 3.63) is 40.4 Å². The van der Waals surface area contributed by atoms with E-state index in [0.29, 0.717) is 18.9 Å². The van der Waals surface area contributed by atoms with Crippen LogP contribution in [0.25, 0.3) is 5.69 Å². The summed E-state index contributed by atoms with van der Waals surface area (Å²) < 4.78 is 7.63. The monoisotopic (exact) mass is 349 g/mol. The average molecular weight is 350 g/mol. The van der Waals surface area contributed by atoms with Crippen molar-refractivity contribution >= 4 is 11.6 Å². The summed E-state index contributed by atoms with van der Waals surface area (Å²) in [6, 6.07) is 5.83. The highest BCUT2D eigenvalue weighted by Gasteiger charge is 2.19. The number of benzene rings is 1. The van der Waals surface area contributed by atoms with Crippen LogP contribution >= 0.6 is 11.6 Å². The number of hydrogen-bond acceptors (Lipinski definition) is 4. The van der Waals surface area contributed by atoms with Gasteiger partial charge in [0.05, 0.1) is 11.8 Å². The van der Waals surface area contributed by atoms with Gasteiger partial charge in [0.1, 0.15) is 5.82 Å². The van der Waals surface area contributed by atoms with Crippen LogP contribution in [0.4, 0.5) is 0 Å². The van der Waals surface area contributed by atoms with Crippen molar-refractivity contribution in [2.75, 3.05) is 13.2 Å². The Kier molecular flexibility index (Phi) is 5.87. The molecule has 3 rings (SSSR count). The van der Waals surface area contributed by atoms with Crippen LogP contribution < -0.4 is 0 Å². The summed E-state index contributed by atoms with van der Waals surface area (Å²) in [6.45, 7) is 3.01. The largest absolute Gasteiger partial charge is 0.396 e. The van der Waals surface area contributed by atoms with Crippen molar-refractivity contribution in [1.82, 2.24) is 14.8 Å². The van der Waals surface area contributed by atoms with Crippen LogP contribution in [0.15, 0.2) is 18.2 Å². The lowest BCUT2D eigenvalue weighted by Crippen LogP contribution is -2.10. The van der Waals surface area contributed by atoms with Crippen molar-refractivity contribution < 1.29 is 9.84 Å². The molecule has 0 spiro atoms. The number of aryl methyl sites for hydroxylation is 2. The Hall–Kier alpha value is -1.43. The summed E-state index contributed by atoms with van der Waals surface area (Å²) >= 11 is 6.27. The molecule has 0 unspecified atom stereocenters. The summed E-state index contributed by atoms with van der Waals surface area (Å²) in [6.07, 6.45) is 5.73. The van der Waals surface area contributed by atoms with E-state index in [4.69, 9.17) is 26.4 Å². The first-order valence-electron chi connectivity index (χ1n) is 8.62. The second kappa shape index (κ2) is 8.10. The third-order valence-corrected chi connectivity index (χ3v) is 4.87. The molecular weight excluding hydrogens is 326 g/mol. The molecule has 1 N–H and O–H groups in total. The van der Waals surface area contributed by atoms with Crippen molar-refractivity contribution in [2.24, 2.45) is 0 Å². The van der Waals surface area contributed by atoms with Gasteiger partial charge in [-0.2, -0.15) is 5.10 Å². The number of aliphatic hydroxyl groups is 1. The molecule has 1 fully saturated rings. The SMILES string of the molecule is Cc1c(Cl)cccc1-n1nc(CCCO)nc1CC[C@H]1CCCO1. The van der Waals surface area contributed by atoms with E-state index in [1.807, 2.05) is 29.8 Å². The lowest BCUT2D eigenvalue weighted by Gasteiger charge is -2.12. The van der Waals surface area contributed by atoms with E-state index in [-0.39, 0.29) is 6.61 Å². The molecule has 1 saturated heterocycles. The molecule has 6 heteroatoms. The Balaban J connectivity index is 1.86. The summed E-state index contributed by atoms with van der Waals surface area (Å²) in [4.78, 5) is 4.70. The molecule has 0 saturated carbocycles. The molecule has 0 radical (unpaired) electrons. The maximum atomic E-state index is 9.05. The first kappa shape index (κ1) is 17.4. The number of halogens is 1. The van der Waals surface area contributed by atoms with Gasteiger partial charge < -0.3 is 9.84 Å². The first-order valence-corrected chi connectivity index (χ1v) is 8.99. The number of aliphatic hydroxyl groups excluding tert-OH is 1. The Bertz CT molecular complexity index is 681. The molecule has 0 bridgehead atoms. The van der Waals surface area contributed by atoms with E-state index >= 15 is 0 Å². The van der Waals surface area contributed by atoms with E-state index in [9.17, 15) is 0 Å². The molecule has 2 heterocycles. The average Bonchev–Trinajstić information content (AvgIpc) is 3.23. The summed E-state index contributed by atoms with van der Waals surface area (Å²) in [5, 5.41) is 14.4. The quantitative estimate of drug-likeness (QED) is 0.833. The van der Waals surface area contributed by atoms with Crippen molar-refractivity contribution in [1.29, 1.82) is 0 Å². The fourth-order valence-electron chi connectivity index (χ4n) is 3.08. The van der Waals surface area contributed by atoms with Crippen LogP contribution in [0.3, 0.4) is 0 Å². The molecule has 0 aliphatic carbocycles. The van der Waals surface area contributed by atoms with Crippen LogP contribution in [0.1, 0.15) is 42.9 Å². The molecule has 5 nitrogen and oxygen atoms in total. The second-order valence-electron chi connectivity index (χ2n) is 6.24. The maximum absolute atomic E-state index is 9.05. The highest BCUT2D eigenvalue weighted by atomic mass is 35.5. The van der Waals surface area contributed by atoms with Crippen molar-refractivity contribution in [2.45, 2.75) is 51.6 Å². The van der Waals surface area contributed by atoms with Gasteiger partial charge in [-0.1, -0.05) is 17.7 Å². The molecular formula is C18H24ClN3O2. The minimum absolute atomic E-state index is 0.149. The van der Waals surface area contributed by atoms with Crippen LogP contribution in [-0.4, -0.2) is 39.2 Å². The molecule has 24 heavy (non-hydrogen) atoms. The van der Waals surface area contributed by atoms with Gasteiger partial charge in [0, 0.05) is 31.1 Å². The third-order valence-electron chi connectivity index (χ3n) is 4.46. The second-order valence-corrected chi connectivity index (χ2v) is 6.65. The Morgan fingerprint density at radius 3 is 3.00 bits per heavy atom. The van der Waals surface area contributed by atoms with Gasteiger partial charge in [-0.05, 0) is 50.3 Å². The highest BCUT2D eigenvalue weighted by Crippen LogP contribution is 2.24. The molecule has 1 aliphatic heterocycles. The molecule has 2 aromatic rings.